The predicted octanol–water partition coefficient (Wildman–Crippen LogP) is 3.18. The molecule has 3 rings (SSSR count). The Morgan fingerprint density at radius 2 is 2.15 bits per heavy atom. The van der Waals surface area contributed by atoms with Gasteiger partial charge in [0.1, 0.15) is 17.2 Å². The van der Waals surface area contributed by atoms with E-state index in [1.54, 1.807) is 6.07 Å². The number of hydrogen-bond donors (Lipinski definition) is 1. The number of benzene rings is 1. The lowest BCUT2D eigenvalue weighted by molar-refractivity contribution is -0.115. The van der Waals surface area contributed by atoms with Crippen molar-refractivity contribution in [2.24, 2.45) is 11.7 Å². The molecule has 1 spiro atoms. The molecule has 2 aliphatic heterocycles. The van der Waals surface area contributed by atoms with Crippen LogP contribution in [-0.4, -0.2) is 18.3 Å². The van der Waals surface area contributed by atoms with Crippen LogP contribution in [0.25, 0.3) is 0 Å². The lowest BCUT2D eigenvalue weighted by atomic mass is 9.78. The number of hydrogen-bond acceptors (Lipinski definition) is 3. The largest absolute Gasteiger partial charge is 0.487 e. The third kappa shape index (κ3) is 2.42. The number of ether oxygens (including phenoxy) is 2. The predicted molar refractivity (Wildman–Crippen MR) is 75.1 cm³/mol. The maximum atomic E-state index is 13.4. The van der Waals surface area contributed by atoms with Gasteiger partial charge >= 0.3 is 0 Å². The van der Waals surface area contributed by atoms with Crippen LogP contribution in [0.15, 0.2) is 18.2 Å². The maximum Gasteiger partial charge on any atom is 0.127 e. The summed E-state index contributed by atoms with van der Waals surface area (Å²) < 4.78 is 25.4. The van der Waals surface area contributed by atoms with Crippen LogP contribution in [0.2, 0.25) is 0 Å². The van der Waals surface area contributed by atoms with Gasteiger partial charge in [-0.2, -0.15) is 0 Å². The van der Waals surface area contributed by atoms with E-state index in [0.29, 0.717) is 18.3 Å². The van der Waals surface area contributed by atoms with E-state index in [9.17, 15) is 4.39 Å². The molecule has 2 heterocycles. The summed E-state index contributed by atoms with van der Waals surface area (Å²) in [5.74, 6) is 0.773. The molecular weight excluding hydrogens is 257 g/mol. The number of nitrogens with two attached hydrogens (primary N) is 1. The van der Waals surface area contributed by atoms with E-state index in [1.807, 2.05) is 0 Å². The molecule has 3 atom stereocenters. The molecule has 1 fully saturated rings. The van der Waals surface area contributed by atoms with Gasteiger partial charge in [-0.1, -0.05) is 19.9 Å². The molecule has 0 radical (unpaired) electrons. The Labute approximate surface area is 119 Å². The van der Waals surface area contributed by atoms with Crippen LogP contribution in [0.5, 0.6) is 5.75 Å². The first-order valence-corrected chi connectivity index (χ1v) is 7.35. The van der Waals surface area contributed by atoms with Crippen molar-refractivity contribution in [2.45, 2.75) is 50.9 Å². The average molecular weight is 279 g/mol. The quantitative estimate of drug-likeness (QED) is 0.858. The van der Waals surface area contributed by atoms with Gasteiger partial charge in [-0.25, -0.2) is 4.39 Å². The summed E-state index contributed by atoms with van der Waals surface area (Å²) in [7, 11) is 0. The van der Waals surface area contributed by atoms with E-state index < -0.39 is 0 Å². The zero-order chi connectivity index (χ0) is 14.3. The zero-order valence-corrected chi connectivity index (χ0v) is 12.1. The molecule has 1 saturated heterocycles. The Kier molecular flexibility index (Phi) is 3.46. The summed E-state index contributed by atoms with van der Waals surface area (Å²) in [5, 5.41) is 0. The number of fused-ring (bicyclic) bond motifs is 1. The van der Waals surface area contributed by atoms with Crippen LogP contribution < -0.4 is 10.5 Å². The summed E-state index contributed by atoms with van der Waals surface area (Å²) in [6.07, 6.45) is 2.61. The zero-order valence-electron chi connectivity index (χ0n) is 12.1. The van der Waals surface area contributed by atoms with Crippen molar-refractivity contribution in [1.29, 1.82) is 0 Å². The molecule has 110 valence electrons. The summed E-state index contributed by atoms with van der Waals surface area (Å²) in [4.78, 5) is 0. The molecule has 20 heavy (non-hydrogen) atoms. The van der Waals surface area contributed by atoms with Gasteiger partial charge in [0.05, 0.1) is 12.7 Å². The SMILES string of the molecule is CC(C)C1CC2(CCO1)C[C@H](N)c1ccc(F)cc1O2. The number of rotatable bonds is 1. The van der Waals surface area contributed by atoms with Crippen molar-refractivity contribution in [2.75, 3.05) is 6.61 Å². The molecule has 3 nitrogen and oxygen atoms in total. The third-order valence-electron chi connectivity index (χ3n) is 4.50. The highest BCUT2D eigenvalue weighted by Gasteiger charge is 2.44. The van der Waals surface area contributed by atoms with Gasteiger partial charge in [0.2, 0.25) is 0 Å². The van der Waals surface area contributed by atoms with E-state index in [1.165, 1.54) is 12.1 Å². The second-order valence-corrected chi connectivity index (χ2v) is 6.39. The Balaban J connectivity index is 1.89. The molecule has 1 aromatic carbocycles. The fourth-order valence-electron chi connectivity index (χ4n) is 3.32. The van der Waals surface area contributed by atoms with Crippen molar-refractivity contribution in [3.8, 4) is 5.75 Å². The minimum atomic E-state index is -0.298. The first-order chi connectivity index (χ1) is 9.49. The fourth-order valence-corrected chi connectivity index (χ4v) is 3.32. The van der Waals surface area contributed by atoms with Crippen molar-refractivity contribution in [3.63, 3.8) is 0 Å². The first-order valence-electron chi connectivity index (χ1n) is 7.35. The average Bonchev–Trinajstić information content (AvgIpc) is 2.37. The first kappa shape index (κ1) is 13.8. The second-order valence-electron chi connectivity index (χ2n) is 6.39. The van der Waals surface area contributed by atoms with Gasteiger partial charge in [0.15, 0.2) is 0 Å². The van der Waals surface area contributed by atoms with Crippen LogP contribution in [0.3, 0.4) is 0 Å². The normalized spacial score (nSPS) is 33.0. The highest BCUT2D eigenvalue weighted by molar-refractivity contribution is 5.39. The van der Waals surface area contributed by atoms with E-state index in [0.717, 1.165) is 24.8 Å². The Hall–Kier alpha value is -1.13. The molecule has 0 bridgehead atoms. The van der Waals surface area contributed by atoms with Crippen molar-refractivity contribution in [1.82, 2.24) is 0 Å². The van der Waals surface area contributed by atoms with Gasteiger partial charge in [0.25, 0.3) is 0 Å². The van der Waals surface area contributed by atoms with Crippen molar-refractivity contribution < 1.29 is 13.9 Å². The molecule has 0 aromatic heterocycles. The molecule has 4 heteroatoms. The lowest BCUT2D eigenvalue weighted by Gasteiger charge is -2.46. The lowest BCUT2D eigenvalue weighted by Crippen LogP contribution is -2.50. The monoisotopic (exact) mass is 279 g/mol. The molecular formula is C16H22FNO2. The maximum absolute atomic E-state index is 13.4. The standard InChI is InChI=1S/C16H22FNO2/c1-10(2)15-9-16(5-6-19-15)8-13(18)12-4-3-11(17)7-14(12)20-16/h3-4,7,10,13,15H,5-6,8-9,18H2,1-2H3/t13-,15?,16?/m0/s1. The van der Waals surface area contributed by atoms with E-state index in [2.05, 4.69) is 13.8 Å². The Morgan fingerprint density at radius 1 is 1.35 bits per heavy atom. The summed E-state index contributed by atoms with van der Waals surface area (Å²) >= 11 is 0. The molecule has 2 N–H and O–H groups in total. The van der Waals surface area contributed by atoms with E-state index in [4.69, 9.17) is 15.2 Å². The Bertz CT molecular complexity index is 505. The minimum absolute atomic E-state index is 0.0923. The third-order valence-corrected chi connectivity index (χ3v) is 4.50. The van der Waals surface area contributed by atoms with Gasteiger partial charge < -0.3 is 15.2 Å². The summed E-state index contributed by atoms with van der Waals surface area (Å²) in [6.45, 7) is 4.99. The van der Waals surface area contributed by atoms with Crippen molar-refractivity contribution >= 4 is 0 Å². The van der Waals surface area contributed by atoms with Gasteiger partial charge in [-0.15, -0.1) is 0 Å². The van der Waals surface area contributed by atoms with Gasteiger partial charge in [-0.05, 0) is 12.0 Å². The van der Waals surface area contributed by atoms with Crippen LogP contribution in [0.1, 0.15) is 44.7 Å². The summed E-state index contributed by atoms with van der Waals surface area (Å²) in [5.41, 5.74) is 6.89. The topological polar surface area (TPSA) is 44.5 Å². The molecule has 0 amide bonds. The molecule has 0 aliphatic carbocycles. The Morgan fingerprint density at radius 3 is 2.90 bits per heavy atom. The molecule has 1 aromatic rings. The highest BCUT2D eigenvalue weighted by atomic mass is 19.1. The van der Waals surface area contributed by atoms with Crippen LogP contribution in [-0.2, 0) is 4.74 Å². The van der Waals surface area contributed by atoms with Crippen LogP contribution >= 0.6 is 0 Å². The van der Waals surface area contributed by atoms with Crippen LogP contribution in [0.4, 0.5) is 4.39 Å². The minimum Gasteiger partial charge on any atom is -0.487 e. The highest BCUT2D eigenvalue weighted by Crippen LogP contribution is 2.45. The fraction of sp³-hybridized carbons (Fsp3) is 0.625. The molecule has 2 unspecified atom stereocenters. The summed E-state index contributed by atoms with van der Waals surface area (Å²) in [6, 6.07) is 4.54. The molecule has 0 saturated carbocycles. The van der Waals surface area contributed by atoms with Crippen LogP contribution in [0, 0.1) is 11.7 Å². The van der Waals surface area contributed by atoms with E-state index >= 15 is 0 Å². The van der Waals surface area contributed by atoms with E-state index in [-0.39, 0.29) is 23.6 Å². The van der Waals surface area contributed by atoms with Crippen molar-refractivity contribution in [3.05, 3.63) is 29.6 Å². The number of halogens is 1. The van der Waals surface area contributed by atoms with Gasteiger partial charge in [0, 0.05) is 36.9 Å². The second kappa shape index (κ2) is 5.01. The van der Waals surface area contributed by atoms with Gasteiger partial charge in [-0.3, -0.25) is 0 Å². The smallest absolute Gasteiger partial charge is 0.127 e. The molecule has 2 aliphatic rings.